The maximum absolute atomic E-state index is 14.0. The van der Waals surface area contributed by atoms with Crippen LogP contribution in [0.3, 0.4) is 0 Å². The summed E-state index contributed by atoms with van der Waals surface area (Å²) in [6.45, 7) is 3.28. The van der Waals surface area contributed by atoms with E-state index < -0.39 is 61.5 Å². The van der Waals surface area contributed by atoms with Gasteiger partial charge in [0, 0.05) is 43.5 Å². The number of hydrogen-bond donors (Lipinski definition) is 3. The first-order valence-corrected chi connectivity index (χ1v) is 13.8. The first-order chi connectivity index (χ1) is 19.8. The number of hydrogen-bond acceptors (Lipinski definition) is 7. The molecule has 0 saturated heterocycles. The number of nitrogens with one attached hydrogen (secondary N) is 2. The molecule has 2 aliphatic rings. The zero-order valence-corrected chi connectivity index (χ0v) is 23.1. The lowest BCUT2D eigenvalue weighted by molar-refractivity contribution is -0.171. The lowest BCUT2D eigenvalue weighted by Gasteiger charge is -2.34. The molecule has 0 spiro atoms. The molecule has 0 aliphatic heterocycles. The summed E-state index contributed by atoms with van der Waals surface area (Å²) >= 11 is 0. The van der Waals surface area contributed by atoms with E-state index in [2.05, 4.69) is 25.8 Å². The molecule has 3 aromatic rings. The van der Waals surface area contributed by atoms with E-state index in [1.54, 1.807) is 16.9 Å². The monoisotopic (exact) mass is 595 g/mol. The molecule has 2 aliphatic carbocycles. The van der Waals surface area contributed by atoms with Gasteiger partial charge in [-0.1, -0.05) is 0 Å². The molecule has 3 heterocycles. The van der Waals surface area contributed by atoms with Crippen LogP contribution in [0.2, 0.25) is 0 Å². The summed E-state index contributed by atoms with van der Waals surface area (Å²) in [4.78, 5) is 30.0. The normalized spacial score (nSPS) is 20.3. The molecule has 0 unspecified atom stereocenters. The topological polar surface area (TPSA) is 136 Å². The lowest BCUT2D eigenvalue weighted by Crippen LogP contribution is -2.43. The molecule has 228 valence electrons. The molecule has 42 heavy (non-hydrogen) atoms. The average molecular weight is 596 g/mol. The molecular formula is C27H33F4N7O4. The number of carbonyl (C=O) groups excluding carboxylic acids is 2. The fraction of sp³-hybridized carbons (Fsp3) is 0.593. The first kappa shape index (κ1) is 29.9. The smallest absolute Gasteiger partial charge is 0.270 e. The zero-order chi connectivity index (χ0) is 30.2. The van der Waals surface area contributed by atoms with E-state index in [4.69, 9.17) is 4.74 Å². The highest BCUT2D eigenvalue weighted by molar-refractivity contribution is 5.92. The number of nitrogens with zero attached hydrogens (tertiary/aromatic N) is 5. The minimum absolute atomic E-state index is 0.0770. The van der Waals surface area contributed by atoms with E-state index in [-0.39, 0.29) is 48.9 Å². The van der Waals surface area contributed by atoms with Gasteiger partial charge in [0.25, 0.3) is 11.8 Å². The summed E-state index contributed by atoms with van der Waals surface area (Å²) in [5.41, 5.74) is 1.22. The van der Waals surface area contributed by atoms with Crippen molar-refractivity contribution in [3.8, 4) is 0 Å². The Balaban J connectivity index is 1.31. The number of imidazole rings is 1. The summed E-state index contributed by atoms with van der Waals surface area (Å²) in [5.74, 6) is -6.95. The van der Waals surface area contributed by atoms with Crippen molar-refractivity contribution in [3.05, 3.63) is 47.7 Å². The quantitative estimate of drug-likeness (QED) is 0.240. The second kappa shape index (κ2) is 11.6. The summed E-state index contributed by atoms with van der Waals surface area (Å²) in [6, 6.07) is 2.29. The van der Waals surface area contributed by atoms with Crippen LogP contribution in [-0.2, 0) is 9.53 Å². The molecule has 0 aromatic carbocycles. The van der Waals surface area contributed by atoms with Crippen molar-refractivity contribution in [2.24, 2.45) is 5.92 Å². The maximum atomic E-state index is 14.0. The average Bonchev–Trinajstić information content (AvgIpc) is 3.56. The van der Waals surface area contributed by atoms with Crippen LogP contribution in [0.5, 0.6) is 0 Å². The van der Waals surface area contributed by atoms with Crippen LogP contribution in [0.25, 0.3) is 5.65 Å². The van der Waals surface area contributed by atoms with E-state index in [0.29, 0.717) is 11.4 Å². The van der Waals surface area contributed by atoms with Gasteiger partial charge in [0.1, 0.15) is 12.3 Å². The molecule has 5 rings (SSSR count). The molecule has 0 radical (unpaired) electrons. The van der Waals surface area contributed by atoms with E-state index >= 15 is 0 Å². The van der Waals surface area contributed by atoms with Crippen LogP contribution < -0.4 is 10.6 Å². The van der Waals surface area contributed by atoms with Crippen LogP contribution in [0.15, 0.2) is 30.7 Å². The summed E-state index contributed by atoms with van der Waals surface area (Å²) in [6.07, 6.45) is 1.09. The van der Waals surface area contributed by atoms with Crippen LogP contribution in [-0.4, -0.2) is 65.9 Å². The molecule has 3 N–H and O–H groups in total. The summed E-state index contributed by atoms with van der Waals surface area (Å²) in [7, 11) is 0. The Morgan fingerprint density at radius 2 is 1.83 bits per heavy atom. The Morgan fingerprint density at radius 3 is 2.50 bits per heavy atom. The number of amides is 2. The van der Waals surface area contributed by atoms with Crippen molar-refractivity contribution in [2.45, 2.75) is 88.6 Å². The molecule has 2 atom stereocenters. The number of alkyl halides is 4. The van der Waals surface area contributed by atoms with Gasteiger partial charge >= 0.3 is 0 Å². The van der Waals surface area contributed by atoms with E-state index in [1.807, 2.05) is 13.8 Å². The highest BCUT2D eigenvalue weighted by atomic mass is 19.3. The van der Waals surface area contributed by atoms with E-state index in [1.165, 1.54) is 23.0 Å². The first-order valence-electron chi connectivity index (χ1n) is 13.8. The molecule has 3 aromatic heterocycles. The third-order valence-electron chi connectivity index (χ3n) is 7.71. The van der Waals surface area contributed by atoms with Crippen LogP contribution in [0.4, 0.5) is 17.6 Å². The van der Waals surface area contributed by atoms with Gasteiger partial charge < -0.3 is 20.5 Å². The van der Waals surface area contributed by atoms with Gasteiger partial charge in [-0.05, 0) is 44.7 Å². The van der Waals surface area contributed by atoms with Gasteiger partial charge in [-0.25, -0.2) is 27.1 Å². The number of fused-ring (bicyclic) bond motifs is 1. The van der Waals surface area contributed by atoms with Crippen LogP contribution >= 0.6 is 0 Å². The minimum Gasteiger partial charge on any atom is -0.369 e. The van der Waals surface area contributed by atoms with Crippen molar-refractivity contribution in [1.29, 1.82) is 0 Å². The number of halogens is 4. The highest BCUT2D eigenvalue weighted by Gasteiger charge is 2.46. The van der Waals surface area contributed by atoms with Gasteiger partial charge in [0.05, 0.1) is 30.2 Å². The lowest BCUT2D eigenvalue weighted by atomic mass is 9.81. The minimum atomic E-state index is -2.77. The number of ether oxygens (including phenoxy) is 1. The third kappa shape index (κ3) is 6.72. The van der Waals surface area contributed by atoms with Crippen molar-refractivity contribution in [3.63, 3.8) is 0 Å². The van der Waals surface area contributed by atoms with Gasteiger partial charge in [0.2, 0.25) is 11.8 Å². The number of carbonyl (C=O) groups is 2. The second-order valence-electron chi connectivity index (χ2n) is 11.3. The predicted octanol–water partition coefficient (Wildman–Crippen LogP) is 3.72. The molecule has 2 saturated carbocycles. The molecule has 11 nitrogen and oxygen atoms in total. The SMILES string of the molecule is CC(C)n1nccc1C(=O)N[C@H](c1cn2ncc([C@@H](O)NC(=O)COC3CC(F)(F)C3)cc2n1)C1CCC(F)(F)CC1. The van der Waals surface area contributed by atoms with E-state index in [9.17, 15) is 32.3 Å². The number of rotatable bonds is 10. The zero-order valence-electron chi connectivity index (χ0n) is 23.1. The molecule has 0 bridgehead atoms. The van der Waals surface area contributed by atoms with Gasteiger partial charge in [-0.15, -0.1) is 0 Å². The maximum Gasteiger partial charge on any atom is 0.270 e. The van der Waals surface area contributed by atoms with Gasteiger partial charge in [0.15, 0.2) is 11.9 Å². The molecular weight excluding hydrogens is 562 g/mol. The molecule has 2 amide bonds. The third-order valence-corrected chi connectivity index (χ3v) is 7.71. The van der Waals surface area contributed by atoms with Crippen LogP contribution in [0.1, 0.15) is 92.4 Å². The van der Waals surface area contributed by atoms with Crippen LogP contribution in [0, 0.1) is 5.92 Å². The number of aromatic nitrogens is 5. The Labute approximate surface area is 238 Å². The predicted molar refractivity (Wildman–Crippen MR) is 140 cm³/mol. The Morgan fingerprint density at radius 1 is 1.12 bits per heavy atom. The highest BCUT2D eigenvalue weighted by Crippen LogP contribution is 2.41. The summed E-state index contributed by atoms with van der Waals surface area (Å²) in [5, 5.41) is 24.2. The number of aliphatic hydroxyl groups excluding tert-OH is 1. The Kier molecular flexibility index (Phi) is 8.25. The summed E-state index contributed by atoms with van der Waals surface area (Å²) < 4.78 is 61.9. The number of aliphatic hydroxyl groups is 1. The fourth-order valence-electron chi connectivity index (χ4n) is 5.35. The largest absolute Gasteiger partial charge is 0.369 e. The Bertz CT molecular complexity index is 1420. The van der Waals surface area contributed by atoms with Crippen molar-refractivity contribution >= 4 is 17.5 Å². The van der Waals surface area contributed by atoms with Crippen molar-refractivity contribution in [2.75, 3.05) is 6.61 Å². The fourth-order valence-corrected chi connectivity index (χ4v) is 5.35. The molecule has 15 heteroatoms. The van der Waals surface area contributed by atoms with Gasteiger partial charge in [-0.2, -0.15) is 10.2 Å². The van der Waals surface area contributed by atoms with Crippen molar-refractivity contribution < 1.29 is 37.0 Å². The standard InChI is InChI=1S/C27H33F4N7O4/c1-15(2)38-20(5-8-32-38)25(41)36-23(16-3-6-26(28,29)7-4-16)19-13-37-21(34-19)9-17(12-33-37)24(40)35-22(39)14-42-18-10-27(30,31)11-18/h5,8-9,12-13,15-16,18,23-24,40H,3-4,6-7,10-11,14H2,1-2H3,(H,35,39)(H,36,41)/t23-,24+/m0/s1. The Hall–Kier alpha value is -3.59. The molecule has 2 fully saturated rings. The van der Waals surface area contributed by atoms with E-state index in [0.717, 1.165) is 0 Å². The second-order valence-corrected chi connectivity index (χ2v) is 11.3. The van der Waals surface area contributed by atoms with Crippen molar-refractivity contribution in [1.82, 2.24) is 35.0 Å². The van der Waals surface area contributed by atoms with Gasteiger partial charge in [-0.3, -0.25) is 14.3 Å².